The molecule has 0 saturated heterocycles. The van der Waals surface area contributed by atoms with E-state index in [1.165, 1.54) is 0 Å². The second kappa shape index (κ2) is 2.78. The van der Waals surface area contributed by atoms with Gasteiger partial charge in [-0.15, -0.1) is 0 Å². The SMILES string of the molecule is CC(C)n1cccc1C(=O)O. The van der Waals surface area contributed by atoms with Crippen molar-refractivity contribution in [2.75, 3.05) is 0 Å². The topological polar surface area (TPSA) is 42.2 Å². The molecule has 1 heterocycles. The van der Waals surface area contributed by atoms with E-state index < -0.39 is 5.97 Å². The van der Waals surface area contributed by atoms with Crippen LogP contribution in [0, 0.1) is 0 Å². The molecule has 0 unspecified atom stereocenters. The zero-order valence-electron chi connectivity index (χ0n) is 6.61. The van der Waals surface area contributed by atoms with Crippen LogP contribution in [0.1, 0.15) is 30.4 Å². The molecule has 11 heavy (non-hydrogen) atoms. The lowest BCUT2D eigenvalue weighted by molar-refractivity contribution is 0.0683. The van der Waals surface area contributed by atoms with Crippen molar-refractivity contribution < 1.29 is 9.90 Å². The summed E-state index contributed by atoms with van der Waals surface area (Å²) < 4.78 is 1.72. The van der Waals surface area contributed by atoms with Gasteiger partial charge in [-0.2, -0.15) is 0 Å². The first-order valence-corrected chi connectivity index (χ1v) is 3.53. The highest BCUT2D eigenvalue weighted by Crippen LogP contribution is 2.09. The van der Waals surface area contributed by atoms with Gasteiger partial charge < -0.3 is 9.67 Å². The molecule has 1 aromatic heterocycles. The number of carboxylic acid groups (broad SMARTS) is 1. The molecule has 0 bridgehead atoms. The third-order valence-electron chi connectivity index (χ3n) is 1.55. The van der Waals surface area contributed by atoms with E-state index in [2.05, 4.69) is 0 Å². The third-order valence-corrected chi connectivity index (χ3v) is 1.55. The van der Waals surface area contributed by atoms with Gasteiger partial charge in [-0.3, -0.25) is 0 Å². The summed E-state index contributed by atoms with van der Waals surface area (Å²) in [5, 5.41) is 8.68. The Morgan fingerprint density at radius 1 is 1.64 bits per heavy atom. The first-order chi connectivity index (χ1) is 5.13. The maximum Gasteiger partial charge on any atom is 0.352 e. The predicted molar refractivity (Wildman–Crippen MR) is 41.8 cm³/mol. The fourth-order valence-corrected chi connectivity index (χ4v) is 1.03. The maximum absolute atomic E-state index is 10.6. The molecule has 0 aromatic carbocycles. The van der Waals surface area contributed by atoms with E-state index in [-0.39, 0.29) is 6.04 Å². The molecule has 0 aliphatic rings. The molecule has 0 amide bonds. The number of hydrogen-bond donors (Lipinski definition) is 1. The monoisotopic (exact) mass is 153 g/mol. The van der Waals surface area contributed by atoms with E-state index in [0.29, 0.717) is 5.69 Å². The number of carbonyl (C=O) groups is 1. The second-order valence-corrected chi connectivity index (χ2v) is 2.70. The Kier molecular flexibility index (Phi) is 1.98. The Bertz CT molecular complexity index is 263. The summed E-state index contributed by atoms with van der Waals surface area (Å²) >= 11 is 0. The molecule has 1 rings (SSSR count). The number of hydrogen-bond acceptors (Lipinski definition) is 1. The van der Waals surface area contributed by atoms with Gasteiger partial charge in [0.25, 0.3) is 0 Å². The largest absolute Gasteiger partial charge is 0.477 e. The van der Waals surface area contributed by atoms with Crippen LogP contribution in [-0.2, 0) is 0 Å². The van der Waals surface area contributed by atoms with Gasteiger partial charge >= 0.3 is 5.97 Å². The van der Waals surface area contributed by atoms with Gasteiger partial charge in [0, 0.05) is 12.2 Å². The summed E-state index contributed by atoms with van der Waals surface area (Å²) in [6.45, 7) is 3.90. The molecule has 3 heteroatoms. The van der Waals surface area contributed by atoms with Crippen LogP contribution in [0.3, 0.4) is 0 Å². The Morgan fingerprint density at radius 3 is 2.64 bits per heavy atom. The quantitative estimate of drug-likeness (QED) is 0.703. The normalized spacial score (nSPS) is 10.5. The minimum atomic E-state index is -0.872. The van der Waals surface area contributed by atoms with Crippen LogP contribution in [0.25, 0.3) is 0 Å². The summed E-state index contributed by atoms with van der Waals surface area (Å²) in [5.74, 6) is -0.872. The first kappa shape index (κ1) is 7.85. The Labute approximate surface area is 65.3 Å². The lowest BCUT2D eigenvalue weighted by Gasteiger charge is -2.08. The van der Waals surface area contributed by atoms with Gasteiger partial charge in [-0.1, -0.05) is 0 Å². The first-order valence-electron chi connectivity index (χ1n) is 3.53. The molecule has 1 N–H and O–H groups in total. The molecule has 1 aromatic rings. The van der Waals surface area contributed by atoms with Gasteiger partial charge in [0.05, 0.1) is 0 Å². The summed E-state index contributed by atoms with van der Waals surface area (Å²) in [6, 6.07) is 3.54. The van der Waals surface area contributed by atoms with Crippen molar-refractivity contribution >= 4 is 5.97 Å². The number of carboxylic acids is 1. The Hall–Kier alpha value is -1.25. The molecule has 0 aliphatic carbocycles. The van der Waals surface area contributed by atoms with Crippen molar-refractivity contribution in [3.63, 3.8) is 0 Å². The summed E-state index contributed by atoms with van der Waals surface area (Å²) in [5.41, 5.74) is 0.347. The average Bonchev–Trinajstić information content (AvgIpc) is 2.32. The molecule has 0 fully saturated rings. The van der Waals surface area contributed by atoms with Crippen molar-refractivity contribution in [3.8, 4) is 0 Å². The molecule has 3 nitrogen and oxygen atoms in total. The smallest absolute Gasteiger partial charge is 0.352 e. The van der Waals surface area contributed by atoms with Crippen molar-refractivity contribution in [2.45, 2.75) is 19.9 Å². The zero-order valence-corrected chi connectivity index (χ0v) is 6.61. The minimum absolute atomic E-state index is 0.205. The Balaban J connectivity index is 3.06. The van der Waals surface area contributed by atoms with Gasteiger partial charge in [-0.05, 0) is 26.0 Å². The van der Waals surface area contributed by atoms with Crippen LogP contribution in [0.15, 0.2) is 18.3 Å². The number of aromatic carboxylic acids is 1. The van der Waals surface area contributed by atoms with Crippen LogP contribution in [-0.4, -0.2) is 15.6 Å². The standard InChI is InChI=1S/C8H11NO2/c1-6(2)9-5-3-4-7(9)8(10)11/h3-6H,1-2H3,(H,10,11). The van der Waals surface area contributed by atoms with Crippen LogP contribution < -0.4 is 0 Å². The zero-order chi connectivity index (χ0) is 8.43. The third kappa shape index (κ3) is 1.42. The highest BCUT2D eigenvalue weighted by Gasteiger charge is 2.09. The summed E-state index contributed by atoms with van der Waals surface area (Å²) in [6.07, 6.45) is 1.77. The summed E-state index contributed by atoms with van der Waals surface area (Å²) in [4.78, 5) is 10.6. The minimum Gasteiger partial charge on any atom is -0.477 e. The van der Waals surface area contributed by atoms with Crippen LogP contribution in [0.4, 0.5) is 0 Å². The summed E-state index contributed by atoms with van der Waals surface area (Å²) in [7, 11) is 0. The Morgan fingerprint density at radius 2 is 2.27 bits per heavy atom. The van der Waals surface area contributed by atoms with Gasteiger partial charge in [0.15, 0.2) is 0 Å². The van der Waals surface area contributed by atoms with Crippen molar-refractivity contribution in [2.24, 2.45) is 0 Å². The second-order valence-electron chi connectivity index (χ2n) is 2.70. The van der Waals surface area contributed by atoms with E-state index in [1.54, 1.807) is 22.9 Å². The van der Waals surface area contributed by atoms with E-state index in [4.69, 9.17) is 5.11 Å². The molecule has 0 saturated carbocycles. The van der Waals surface area contributed by atoms with Crippen LogP contribution >= 0.6 is 0 Å². The lowest BCUT2D eigenvalue weighted by atomic mass is 10.3. The van der Waals surface area contributed by atoms with E-state index >= 15 is 0 Å². The van der Waals surface area contributed by atoms with Gasteiger partial charge in [-0.25, -0.2) is 4.79 Å². The predicted octanol–water partition coefficient (Wildman–Crippen LogP) is 1.77. The highest BCUT2D eigenvalue weighted by molar-refractivity contribution is 5.85. The molecule has 0 atom stereocenters. The molecule has 0 radical (unpaired) electrons. The highest BCUT2D eigenvalue weighted by atomic mass is 16.4. The van der Waals surface area contributed by atoms with Gasteiger partial charge in [0.1, 0.15) is 5.69 Å². The maximum atomic E-state index is 10.6. The van der Waals surface area contributed by atoms with Crippen molar-refractivity contribution in [3.05, 3.63) is 24.0 Å². The number of aromatic nitrogens is 1. The van der Waals surface area contributed by atoms with E-state index in [9.17, 15) is 4.79 Å². The fraction of sp³-hybridized carbons (Fsp3) is 0.375. The molecular formula is C8H11NO2. The lowest BCUT2D eigenvalue weighted by Crippen LogP contribution is -2.09. The molecule has 0 spiro atoms. The average molecular weight is 153 g/mol. The van der Waals surface area contributed by atoms with Gasteiger partial charge in [0.2, 0.25) is 0 Å². The molecular weight excluding hydrogens is 142 g/mol. The number of nitrogens with zero attached hydrogens (tertiary/aromatic N) is 1. The van der Waals surface area contributed by atoms with Crippen LogP contribution in [0.5, 0.6) is 0 Å². The van der Waals surface area contributed by atoms with E-state index in [1.807, 2.05) is 13.8 Å². The molecule has 0 aliphatic heterocycles. The van der Waals surface area contributed by atoms with Crippen LogP contribution in [0.2, 0.25) is 0 Å². The van der Waals surface area contributed by atoms with Crippen molar-refractivity contribution in [1.29, 1.82) is 0 Å². The van der Waals surface area contributed by atoms with E-state index in [0.717, 1.165) is 0 Å². The number of rotatable bonds is 2. The fourth-order valence-electron chi connectivity index (χ4n) is 1.03. The molecule has 60 valence electrons. The van der Waals surface area contributed by atoms with Crippen molar-refractivity contribution in [1.82, 2.24) is 4.57 Å².